The zero-order chi connectivity index (χ0) is 26.2. The summed E-state index contributed by atoms with van der Waals surface area (Å²) in [6.07, 6.45) is 1.59. The van der Waals surface area contributed by atoms with E-state index in [1.807, 2.05) is 36.4 Å². The molecular formula is C31H19ClO6. The van der Waals surface area contributed by atoms with Crippen LogP contribution in [-0.2, 0) is 0 Å². The Kier molecular flexibility index (Phi) is 5.94. The number of fused-ring (bicyclic) bond motifs is 2. The molecule has 2 heterocycles. The highest BCUT2D eigenvalue weighted by Crippen LogP contribution is 2.38. The molecule has 4 aromatic carbocycles. The molecule has 186 valence electrons. The van der Waals surface area contributed by atoms with Crippen LogP contribution in [0, 0.1) is 0 Å². The van der Waals surface area contributed by atoms with Crippen LogP contribution in [0.15, 0.2) is 101 Å². The van der Waals surface area contributed by atoms with E-state index in [4.69, 9.17) is 30.2 Å². The van der Waals surface area contributed by atoms with Gasteiger partial charge < -0.3 is 18.6 Å². The van der Waals surface area contributed by atoms with E-state index in [9.17, 15) is 9.59 Å². The van der Waals surface area contributed by atoms with E-state index >= 15 is 0 Å². The number of carbonyl (C=O) groups excluding carboxylic acids is 2. The van der Waals surface area contributed by atoms with E-state index in [-0.39, 0.29) is 22.9 Å². The minimum Gasteiger partial charge on any atom is -0.497 e. The standard InChI is InChI=1S/C31H19ClO6/c1-35-20-12-14-25-23(16-20)28(30(38-25)18-7-3-2-4-8-18)31(34)36-21-11-13-22-26(17-21)37-27(29(22)33)15-19-9-5-6-10-24(19)32/h2-17H,1H3/b27-15-. The Morgan fingerprint density at radius 3 is 2.45 bits per heavy atom. The molecule has 1 aliphatic rings. The van der Waals surface area contributed by atoms with Crippen molar-refractivity contribution >= 4 is 40.4 Å². The Hall–Kier alpha value is -4.81. The van der Waals surface area contributed by atoms with Crippen molar-refractivity contribution in [2.75, 3.05) is 7.11 Å². The molecule has 0 radical (unpaired) electrons. The zero-order valence-electron chi connectivity index (χ0n) is 20.1. The van der Waals surface area contributed by atoms with Gasteiger partial charge in [0.05, 0.1) is 12.7 Å². The quantitative estimate of drug-likeness (QED) is 0.134. The summed E-state index contributed by atoms with van der Waals surface area (Å²) in [6, 6.07) is 26.4. The van der Waals surface area contributed by atoms with Gasteiger partial charge in [-0.05, 0) is 48.0 Å². The average molecular weight is 523 g/mol. The van der Waals surface area contributed by atoms with Crippen molar-refractivity contribution in [3.05, 3.63) is 118 Å². The van der Waals surface area contributed by atoms with Crippen LogP contribution < -0.4 is 14.2 Å². The Morgan fingerprint density at radius 1 is 0.895 bits per heavy atom. The van der Waals surface area contributed by atoms with Crippen molar-refractivity contribution in [3.8, 4) is 28.6 Å². The number of furan rings is 1. The average Bonchev–Trinajstić information content (AvgIpc) is 3.47. The van der Waals surface area contributed by atoms with Crippen LogP contribution in [0.1, 0.15) is 26.3 Å². The molecule has 1 aromatic heterocycles. The smallest absolute Gasteiger partial charge is 0.348 e. The highest BCUT2D eigenvalue weighted by Gasteiger charge is 2.29. The number of hydrogen-bond acceptors (Lipinski definition) is 6. The zero-order valence-corrected chi connectivity index (χ0v) is 20.8. The van der Waals surface area contributed by atoms with Gasteiger partial charge in [-0.3, -0.25) is 4.79 Å². The fourth-order valence-corrected chi connectivity index (χ4v) is 4.51. The third-order valence-electron chi connectivity index (χ3n) is 6.18. The van der Waals surface area contributed by atoms with Crippen LogP contribution in [0.4, 0.5) is 0 Å². The van der Waals surface area contributed by atoms with Gasteiger partial charge >= 0.3 is 5.97 Å². The molecule has 38 heavy (non-hydrogen) atoms. The van der Waals surface area contributed by atoms with Crippen molar-refractivity contribution in [2.24, 2.45) is 0 Å². The minimum absolute atomic E-state index is 0.135. The molecule has 0 atom stereocenters. The summed E-state index contributed by atoms with van der Waals surface area (Å²) in [5.41, 5.74) is 2.54. The third-order valence-corrected chi connectivity index (χ3v) is 6.52. The summed E-state index contributed by atoms with van der Waals surface area (Å²) in [5, 5.41) is 1.06. The predicted octanol–water partition coefficient (Wildman–Crippen LogP) is 7.60. The van der Waals surface area contributed by atoms with E-state index < -0.39 is 5.97 Å². The topological polar surface area (TPSA) is 75.0 Å². The van der Waals surface area contributed by atoms with Crippen molar-refractivity contribution in [1.82, 2.24) is 0 Å². The first-order valence-electron chi connectivity index (χ1n) is 11.7. The van der Waals surface area contributed by atoms with Crippen LogP contribution in [0.5, 0.6) is 17.2 Å². The van der Waals surface area contributed by atoms with E-state index in [2.05, 4.69) is 0 Å². The number of ketones is 1. The number of methoxy groups -OCH3 is 1. The van der Waals surface area contributed by atoms with Crippen molar-refractivity contribution < 1.29 is 28.2 Å². The molecule has 5 aromatic rings. The van der Waals surface area contributed by atoms with Gasteiger partial charge in [0, 0.05) is 22.0 Å². The number of hydrogen-bond donors (Lipinski definition) is 0. The summed E-state index contributed by atoms with van der Waals surface area (Å²) >= 11 is 6.23. The second-order valence-electron chi connectivity index (χ2n) is 8.54. The highest BCUT2D eigenvalue weighted by atomic mass is 35.5. The van der Waals surface area contributed by atoms with E-state index in [1.54, 1.807) is 61.7 Å². The van der Waals surface area contributed by atoms with Gasteiger partial charge in [0.15, 0.2) is 5.76 Å². The molecule has 0 unspecified atom stereocenters. The number of rotatable bonds is 5. The Balaban J connectivity index is 1.34. The van der Waals surface area contributed by atoms with Crippen molar-refractivity contribution in [1.29, 1.82) is 0 Å². The molecule has 0 spiro atoms. The molecular weight excluding hydrogens is 504 g/mol. The molecule has 6 rings (SSSR count). The number of ether oxygens (including phenoxy) is 3. The van der Waals surface area contributed by atoms with Gasteiger partial charge in [0.1, 0.15) is 34.2 Å². The Morgan fingerprint density at radius 2 is 1.66 bits per heavy atom. The fourth-order valence-electron chi connectivity index (χ4n) is 4.32. The van der Waals surface area contributed by atoms with Gasteiger partial charge in [-0.2, -0.15) is 0 Å². The second kappa shape index (κ2) is 9.57. The largest absolute Gasteiger partial charge is 0.497 e. The van der Waals surface area contributed by atoms with E-state index in [0.717, 1.165) is 5.56 Å². The lowest BCUT2D eigenvalue weighted by Crippen LogP contribution is -2.09. The van der Waals surface area contributed by atoms with Gasteiger partial charge in [-0.15, -0.1) is 0 Å². The van der Waals surface area contributed by atoms with Gasteiger partial charge in [-0.1, -0.05) is 60.1 Å². The van der Waals surface area contributed by atoms with Gasteiger partial charge in [0.2, 0.25) is 5.78 Å². The molecule has 0 N–H and O–H groups in total. The first-order valence-corrected chi connectivity index (χ1v) is 12.1. The number of Topliss-reactive ketones (excluding diaryl/α,β-unsaturated/α-hetero) is 1. The van der Waals surface area contributed by atoms with Crippen LogP contribution in [0.25, 0.3) is 28.4 Å². The molecule has 0 saturated heterocycles. The summed E-state index contributed by atoms with van der Waals surface area (Å²) in [7, 11) is 1.55. The summed E-state index contributed by atoms with van der Waals surface area (Å²) < 4.78 is 23.0. The van der Waals surface area contributed by atoms with E-state index in [0.29, 0.717) is 44.4 Å². The van der Waals surface area contributed by atoms with Gasteiger partial charge in [-0.25, -0.2) is 4.79 Å². The third kappa shape index (κ3) is 4.21. The molecule has 6 nitrogen and oxygen atoms in total. The summed E-state index contributed by atoms with van der Waals surface area (Å²) in [5.74, 6) is 0.711. The van der Waals surface area contributed by atoms with Crippen LogP contribution in [0.2, 0.25) is 5.02 Å². The maximum atomic E-state index is 13.5. The fraction of sp³-hybridized carbons (Fsp3) is 0.0323. The molecule has 1 aliphatic heterocycles. The molecule has 0 fully saturated rings. The van der Waals surface area contributed by atoms with Crippen LogP contribution in [-0.4, -0.2) is 18.9 Å². The number of allylic oxidation sites excluding steroid dienone is 1. The molecule has 0 aliphatic carbocycles. The lowest BCUT2D eigenvalue weighted by Gasteiger charge is -2.07. The normalized spacial score (nSPS) is 13.4. The van der Waals surface area contributed by atoms with Crippen LogP contribution in [0.3, 0.4) is 0 Å². The maximum absolute atomic E-state index is 13.5. The maximum Gasteiger partial charge on any atom is 0.348 e. The summed E-state index contributed by atoms with van der Waals surface area (Å²) in [4.78, 5) is 26.4. The van der Waals surface area contributed by atoms with Crippen LogP contribution >= 0.6 is 11.6 Å². The van der Waals surface area contributed by atoms with Gasteiger partial charge in [0.25, 0.3) is 0 Å². The SMILES string of the molecule is COc1ccc2oc(-c3ccccc3)c(C(=O)Oc3ccc4c(c3)O/C(=C\c3ccccc3Cl)C4=O)c2c1. The Labute approximate surface area is 222 Å². The van der Waals surface area contributed by atoms with E-state index in [1.165, 1.54) is 6.07 Å². The van der Waals surface area contributed by atoms with Crippen molar-refractivity contribution in [3.63, 3.8) is 0 Å². The highest BCUT2D eigenvalue weighted by molar-refractivity contribution is 6.32. The first-order chi connectivity index (χ1) is 18.5. The molecule has 0 amide bonds. The molecule has 7 heteroatoms. The lowest BCUT2D eigenvalue weighted by atomic mass is 10.1. The second-order valence-corrected chi connectivity index (χ2v) is 8.95. The lowest BCUT2D eigenvalue weighted by molar-refractivity contribution is 0.0736. The van der Waals surface area contributed by atoms with Crippen molar-refractivity contribution in [2.45, 2.75) is 0 Å². The molecule has 0 saturated carbocycles. The number of esters is 1. The first kappa shape index (κ1) is 23.6. The summed E-state index contributed by atoms with van der Waals surface area (Å²) in [6.45, 7) is 0. The number of halogens is 1. The number of carbonyl (C=O) groups is 2. The molecule has 0 bridgehead atoms. The number of benzene rings is 4. The predicted molar refractivity (Wildman–Crippen MR) is 144 cm³/mol. The minimum atomic E-state index is -0.619. The monoisotopic (exact) mass is 522 g/mol. The Bertz CT molecular complexity index is 1750.